The van der Waals surface area contributed by atoms with Crippen molar-refractivity contribution >= 4 is 0 Å². The van der Waals surface area contributed by atoms with Crippen LogP contribution in [0.1, 0.15) is 5.56 Å². The predicted molar refractivity (Wildman–Crippen MR) is 80.2 cm³/mol. The second-order valence-electron chi connectivity index (χ2n) is 4.95. The smallest absolute Gasteiger partial charge is 0.347 e. The third-order valence-electron chi connectivity index (χ3n) is 3.64. The van der Waals surface area contributed by atoms with Crippen LogP contribution in [0.5, 0.6) is 5.75 Å². The van der Waals surface area contributed by atoms with Crippen molar-refractivity contribution in [3.63, 3.8) is 0 Å². The maximum absolute atomic E-state index is 12.4. The fourth-order valence-corrected chi connectivity index (χ4v) is 2.62. The zero-order chi connectivity index (χ0) is 14.2. The highest BCUT2D eigenvalue weighted by atomic mass is 16.5. The molecule has 3 heteroatoms. The molecule has 21 heavy (non-hydrogen) atoms. The van der Waals surface area contributed by atoms with Gasteiger partial charge in [0.2, 0.25) is 0 Å². The molecule has 0 fully saturated rings. The lowest BCUT2D eigenvalue weighted by Gasteiger charge is -2.19. The maximum atomic E-state index is 12.4. The number of hydrogen-bond donors (Lipinski definition) is 0. The van der Waals surface area contributed by atoms with Crippen molar-refractivity contribution in [2.45, 2.75) is 6.61 Å². The standard InChI is InChI=1S/C18H12O3/c19-18-17-14-9-5-4-8-13(14)11-20-16(17)10-15(21-18)12-6-2-1-3-7-12/h1-10H,11H2. The molecule has 3 nitrogen and oxygen atoms in total. The van der Waals surface area contributed by atoms with E-state index in [0.717, 1.165) is 16.7 Å². The van der Waals surface area contributed by atoms with E-state index >= 15 is 0 Å². The van der Waals surface area contributed by atoms with E-state index in [-0.39, 0.29) is 5.63 Å². The monoisotopic (exact) mass is 276 g/mol. The highest BCUT2D eigenvalue weighted by Crippen LogP contribution is 2.37. The van der Waals surface area contributed by atoms with Gasteiger partial charge in [-0.3, -0.25) is 0 Å². The number of fused-ring (bicyclic) bond motifs is 3. The molecule has 2 heterocycles. The molecule has 0 spiro atoms. The van der Waals surface area contributed by atoms with Crippen molar-refractivity contribution in [3.05, 3.63) is 76.6 Å². The van der Waals surface area contributed by atoms with Crippen molar-refractivity contribution in [1.82, 2.24) is 0 Å². The first-order valence-electron chi connectivity index (χ1n) is 6.77. The number of benzene rings is 2. The second-order valence-corrected chi connectivity index (χ2v) is 4.95. The van der Waals surface area contributed by atoms with Gasteiger partial charge < -0.3 is 9.15 Å². The summed E-state index contributed by atoms with van der Waals surface area (Å²) in [5.41, 5.74) is 2.91. The van der Waals surface area contributed by atoms with Crippen LogP contribution >= 0.6 is 0 Å². The third-order valence-corrected chi connectivity index (χ3v) is 3.64. The zero-order valence-electron chi connectivity index (χ0n) is 11.2. The molecule has 3 aromatic rings. The van der Waals surface area contributed by atoms with Gasteiger partial charge in [0.1, 0.15) is 23.7 Å². The highest BCUT2D eigenvalue weighted by molar-refractivity contribution is 5.75. The summed E-state index contributed by atoms with van der Waals surface area (Å²) in [6, 6.07) is 19.1. The fourth-order valence-electron chi connectivity index (χ4n) is 2.62. The average Bonchev–Trinajstić information content (AvgIpc) is 2.55. The molecular weight excluding hydrogens is 264 g/mol. The third kappa shape index (κ3) is 1.94. The van der Waals surface area contributed by atoms with E-state index < -0.39 is 0 Å². The first-order valence-corrected chi connectivity index (χ1v) is 6.77. The van der Waals surface area contributed by atoms with Gasteiger partial charge in [-0.25, -0.2) is 4.79 Å². The Morgan fingerprint density at radius 2 is 1.67 bits per heavy atom. The molecule has 0 atom stereocenters. The maximum Gasteiger partial charge on any atom is 0.347 e. The summed E-state index contributed by atoms with van der Waals surface area (Å²) in [7, 11) is 0. The van der Waals surface area contributed by atoms with Gasteiger partial charge >= 0.3 is 5.63 Å². The Balaban J connectivity index is 1.94. The molecule has 0 amide bonds. The summed E-state index contributed by atoms with van der Waals surface area (Å²) >= 11 is 0. The van der Waals surface area contributed by atoms with Crippen LogP contribution in [0.25, 0.3) is 22.5 Å². The van der Waals surface area contributed by atoms with Crippen molar-refractivity contribution in [3.8, 4) is 28.2 Å². The lowest BCUT2D eigenvalue weighted by molar-refractivity contribution is 0.298. The number of rotatable bonds is 1. The van der Waals surface area contributed by atoms with E-state index in [1.54, 1.807) is 6.07 Å². The topological polar surface area (TPSA) is 39.4 Å². The quantitative estimate of drug-likeness (QED) is 0.677. The summed E-state index contributed by atoms with van der Waals surface area (Å²) in [5, 5.41) is 0. The van der Waals surface area contributed by atoms with Crippen LogP contribution in [0, 0.1) is 0 Å². The normalized spacial score (nSPS) is 12.2. The molecular formula is C18H12O3. The Bertz CT molecular complexity index is 863. The van der Waals surface area contributed by atoms with Gasteiger partial charge in [-0.15, -0.1) is 0 Å². The predicted octanol–water partition coefficient (Wildman–Crippen LogP) is 3.87. The van der Waals surface area contributed by atoms with Gasteiger partial charge in [0, 0.05) is 11.6 Å². The molecule has 0 N–H and O–H groups in total. The Labute approximate surface area is 121 Å². The van der Waals surface area contributed by atoms with Crippen LogP contribution in [-0.2, 0) is 6.61 Å². The zero-order valence-corrected chi connectivity index (χ0v) is 11.2. The molecule has 0 saturated carbocycles. The van der Waals surface area contributed by atoms with Gasteiger partial charge in [-0.2, -0.15) is 0 Å². The summed E-state index contributed by atoms with van der Waals surface area (Å²) < 4.78 is 11.2. The number of ether oxygens (including phenoxy) is 1. The van der Waals surface area contributed by atoms with E-state index in [1.807, 2.05) is 54.6 Å². The molecule has 1 aliphatic rings. The first kappa shape index (κ1) is 12.0. The Morgan fingerprint density at radius 3 is 2.52 bits per heavy atom. The van der Waals surface area contributed by atoms with Crippen LogP contribution in [0.2, 0.25) is 0 Å². The fraction of sp³-hybridized carbons (Fsp3) is 0.0556. The van der Waals surface area contributed by atoms with Crippen LogP contribution in [0.15, 0.2) is 69.9 Å². The highest BCUT2D eigenvalue weighted by Gasteiger charge is 2.22. The van der Waals surface area contributed by atoms with Crippen molar-refractivity contribution < 1.29 is 9.15 Å². The van der Waals surface area contributed by atoms with Crippen LogP contribution in [0.4, 0.5) is 0 Å². The average molecular weight is 276 g/mol. The van der Waals surface area contributed by atoms with Gasteiger partial charge in [-0.1, -0.05) is 54.6 Å². The van der Waals surface area contributed by atoms with Crippen LogP contribution in [0.3, 0.4) is 0 Å². The Morgan fingerprint density at radius 1 is 0.905 bits per heavy atom. The van der Waals surface area contributed by atoms with Crippen molar-refractivity contribution in [1.29, 1.82) is 0 Å². The summed E-state index contributed by atoms with van der Waals surface area (Å²) in [6.45, 7) is 0.473. The summed E-state index contributed by atoms with van der Waals surface area (Å²) in [5.74, 6) is 1.11. The molecule has 2 aromatic carbocycles. The SMILES string of the molecule is O=c1oc(-c2ccccc2)cc2c1-c1ccccc1CO2. The minimum atomic E-state index is -0.362. The minimum absolute atomic E-state index is 0.362. The molecule has 0 radical (unpaired) electrons. The summed E-state index contributed by atoms with van der Waals surface area (Å²) in [6.07, 6.45) is 0. The van der Waals surface area contributed by atoms with Crippen molar-refractivity contribution in [2.75, 3.05) is 0 Å². The minimum Gasteiger partial charge on any atom is -0.488 e. The molecule has 0 unspecified atom stereocenters. The molecule has 0 bridgehead atoms. The van der Waals surface area contributed by atoms with Gasteiger partial charge in [0.15, 0.2) is 0 Å². The Kier molecular flexibility index (Phi) is 2.64. The van der Waals surface area contributed by atoms with E-state index in [2.05, 4.69) is 0 Å². The van der Waals surface area contributed by atoms with Crippen LogP contribution < -0.4 is 10.4 Å². The Hall–Kier alpha value is -2.81. The number of hydrogen-bond acceptors (Lipinski definition) is 3. The van der Waals surface area contributed by atoms with Crippen LogP contribution in [-0.4, -0.2) is 0 Å². The van der Waals surface area contributed by atoms with Gasteiger partial charge in [-0.05, 0) is 11.1 Å². The molecule has 1 aliphatic heterocycles. The van der Waals surface area contributed by atoms with E-state index in [9.17, 15) is 4.79 Å². The lowest BCUT2D eigenvalue weighted by Crippen LogP contribution is -2.13. The molecule has 0 aliphatic carbocycles. The molecule has 102 valence electrons. The molecule has 4 rings (SSSR count). The van der Waals surface area contributed by atoms with E-state index in [0.29, 0.717) is 23.7 Å². The van der Waals surface area contributed by atoms with E-state index in [1.165, 1.54) is 0 Å². The molecule has 0 saturated heterocycles. The molecule has 1 aromatic heterocycles. The van der Waals surface area contributed by atoms with E-state index in [4.69, 9.17) is 9.15 Å². The lowest BCUT2D eigenvalue weighted by atomic mass is 9.98. The summed E-state index contributed by atoms with van der Waals surface area (Å²) in [4.78, 5) is 12.4. The second kappa shape index (κ2) is 4.63. The van der Waals surface area contributed by atoms with Crippen molar-refractivity contribution in [2.24, 2.45) is 0 Å². The largest absolute Gasteiger partial charge is 0.488 e. The first-order chi connectivity index (χ1) is 10.3. The van der Waals surface area contributed by atoms with Gasteiger partial charge in [0.25, 0.3) is 0 Å². The van der Waals surface area contributed by atoms with Gasteiger partial charge in [0.05, 0.1) is 0 Å².